The average Bonchev–Trinajstić information content (AvgIpc) is 2.45. The molecular formula is C16H19F6NO. The van der Waals surface area contributed by atoms with E-state index >= 15 is 0 Å². The van der Waals surface area contributed by atoms with E-state index in [1.54, 1.807) is 6.92 Å². The van der Waals surface area contributed by atoms with E-state index in [1.807, 2.05) is 6.92 Å². The zero-order valence-electron chi connectivity index (χ0n) is 13.3. The van der Waals surface area contributed by atoms with Gasteiger partial charge in [-0.05, 0) is 31.5 Å². The van der Waals surface area contributed by atoms with Crippen molar-refractivity contribution >= 4 is 5.91 Å². The van der Waals surface area contributed by atoms with Crippen LogP contribution < -0.4 is 5.32 Å². The summed E-state index contributed by atoms with van der Waals surface area (Å²) in [5.41, 5.74) is -3.69. The summed E-state index contributed by atoms with van der Waals surface area (Å²) >= 11 is 0. The molecule has 136 valence electrons. The number of rotatable bonds is 6. The fraction of sp³-hybridized carbons (Fsp3) is 0.562. The second kappa shape index (κ2) is 7.90. The Labute approximate surface area is 136 Å². The van der Waals surface area contributed by atoms with Crippen LogP contribution >= 0.6 is 0 Å². The smallest absolute Gasteiger partial charge is 0.350 e. The van der Waals surface area contributed by atoms with Crippen molar-refractivity contribution < 1.29 is 31.1 Å². The van der Waals surface area contributed by atoms with E-state index in [9.17, 15) is 31.1 Å². The number of unbranched alkanes of at least 4 members (excludes halogenated alkanes) is 2. The molecule has 2 nitrogen and oxygen atoms in total. The molecule has 1 unspecified atom stereocenters. The van der Waals surface area contributed by atoms with Crippen LogP contribution in [0.2, 0.25) is 0 Å². The van der Waals surface area contributed by atoms with Crippen molar-refractivity contribution in [3.63, 3.8) is 0 Å². The van der Waals surface area contributed by atoms with E-state index in [1.165, 1.54) is 0 Å². The molecule has 1 aromatic rings. The zero-order chi connectivity index (χ0) is 18.5. The summed E-state index contributed by atoms with van der Waals surface area (Å²) in [6.45, 7) is 3.58. The Balaban J connectivity index is 3.07. The van der Waals surface area contributed by atoms with E-state index in [0.29, 0.717) is 18.6 Å². The van der Waals surface area contributed by atoms with Crippen LogP contribution in [-0.2, 0) is 12.4 Å². The summed E-state index contributed by atoms with van der Waals surface area (Å²) < 4.78 is 77.0. The number of carbonyl (C=O) groups excluding carboxylic acids is 1. The average molecular weight is 355 g/mol. The summed E-state index contributed by atoms with van der Waals surface area (Å²) in [7, 11) is 0. The molecule has 0 heterocycles. The molecule has 0 saturated heterocycles. The number of alkyl halides is 6. The van der Waals surface area contributed by atoms with Crippen LogP contribution in [0.4, 0.5) is 26.3 Å². The van der Waals surface area contributed by atoms with E-state index in [2.05, 4.69) is 5.32 Å². The minimum Gasteiger partial charge on any atom is -0.350 e. The van der Waals surface area contributed by atoms with E-state index in [4.69, 9.17) is 0 Å². The molecule has 24 heavy (non-hydrogen) atoms. The second-order valence-corrected chi connectivity index (χ2v) is 5.63. The number of amides is 1. The van der Waals surface area contributed by atoms with Crippen molar-refractivity contribution in [2.45, 2.75) is 57.9 Å². The van der Waals surface area contributed by atoms with Gasteiger partial charge in [0.1, 0.15) is 0 Å². The first kappa shape index (κ1) is 20.3. The third-order valence-corrected chi connectivity index (χ3v) is 3.52. The van der Waals surface area contributed by atoms with Crippen LogP contribution in [0.3, 0.4) is 0 Å². The summed E-state index contributed by atoms with van der Waals surface area (Å²) in [5, 5.41) is 2.34. The van der Waals surface area contributed by atoms with Crippen molar-refractivity contribution in [3.8, 4) is 0 Å². The number of hydrogen-bond acceptors (Lipinski definition) is 1. The highest BCUT2D eigenvalue weighted by Crippen LogP contribution is 2.36. The lowest BCUT2D eigenvalue weighted by Gasteiger charge is -2.18. The number of benzene rings is 1. The minimum absolute atomic E-state index is 0.247. The molecule has 1 rings (SSSR count). The normalized spacial score (nSPS) is 13.7. The molecule has 0 saturated carbocycles. The van der Waals surface area contributed by atoms with Gasteiger partial charge in [0.25, 0.3) is 5.91 Å². The number of halogens is 6. The highest BCUT2D eigenvalue weighted by molar-refractivity contribution is 5.96. The van der Waals surface area contributed by atoms with Crippen molar-refractivity contribution in [3.05, 3.63) is 34.9 Å². The predicted octanol–water partition coefficient (Wildman–Crippen LogP) is 5.42. The summed E-state index contributed by atoms with van der Waals surface area (Å²) in [6.07, 6.45) is -6.59. The first-order valence-corrected chi connectivity index (χ1v) is 7.56. The van der Waals surface area contributed by atoms with Gasteiger partial charge in [0.15, 0.2) is 0 Å². The Kier molecular flexibility index (Phi) is 6.68. The molecule has 0 aromatic heterocycles. The maximum atomic E-state index is 13.0. The highest BCUT2D eigenvalue weighted by Gasteiger charge is 2.38. The summed E-state index contributed by atoms with van der Waals surface area (Å²) in [4.78, 5) is 12.1. The van der Waals surface area contributed by atoms with Gasteiger partial charge in [0, 0.05) is 6.04 Å². The fourth-order valence-corrected chi connectivity index (χ4v) is 2.23. The van der Waals surface area contributed by atoms with Gasteiger partial charge < -0.3 is 5.32 Å². The van der Waals surface area contributed by atoms with Gasteiger partial charge in [0.2, 0.25) is 0 Å². The maximum absolute atomic E-state index is 13.0. The van der Waals surface area contributed by atoms with Crippen molar-refractivity contribution in [1.82, 2.24) is 5.32 Å². The van der Waals surface area contributed by atoms with Gasteiger partial charge in [-0.25, -0.2) is 0 Å². The van der Waals surface area contributed by atoms with Gasteiger partial charge in [-0.3, -0.25) is 4.79 Å². The first-order valence-electron chi connectivity index (χ1n) is 7.56. The monoisotopic (exact) mass is 355 g/mol. The Hall–Kier alpha value is -1.73. The van der Waals surface area contributed by atoms with Gasteiger partial charge in [0.05, 0.1) is 16.7 Å². The van der Waals surface area contributed by atoms with Crippen LogP contribution in [0.15, 0.2) is 18.2 Å². The molecule has 0 fully saturated rings. The highest BCUT2D eigenvalue weighted by atomic mass is 19.4. The minimum atomic E-state index is -4.91. The van der Waals surface area contributed by atoms with Crippen LogP contribution in [0.5, 0.6) is 0 Å². The standard InChI is InChI=1S/C16H19F6NO/c1-3-4-5-6-10(2)23-14(24)12-9-11(15(17,18)19)7-8-13(12)16(20,21)22/h7-10H,3-6H2,1-2H3,(H,23,24). The number of carbonyl (C=O) groups is 1. The molecule has 0 aliphatic carbocycles. The molecule has 1 amide bonds. The second-order valence-electron chi connectivity index (χ2n) is 5.63. The molecule has 0 bridgehead atoms. The topological polar surface area (TPSA) is 29.1 Å². The quantitative estimate of drug-likeness (QED) is 0.536. The lowest BCUT2D eigenvalue weighted by atomic mass is 10.0. The van der Waals surface area contributed by atoms with Crippen molar-refractivity contribution in [2.75, 3.05) is 0 Å². The van der Waals surface area contributed by atoms with Gasteiger partial charge in [-0.1, -0.05) is 26.2 Å². The van der Waals surface area contributed by atoms with Crippen LogP contribution in [0.25, 0.3) is 0 Å². The van der Waals surface area contributed by atoms with Crippen molar-refractivity contribution in [1.29, 1.82) is 0 Å². The zero-order valence-corrected chi connectivity index (χ0v) is 13.3. The van der Waals surface area contributed by atoms with Crippen molar-refractivity contribution in [2.24, 2.45) is 0 Å². The van der Waals surface area contributed by atoms with Crippen LogP contribution in [0.1, 0.15) is 61.0 Å². The number of nitrogens with one attached hydrogen (secondary N) is 1. The largest absolute Gasteiger partial charge is 0.417 e. The van der Waals surface area contributed by atoms with E-state index < -0.39 is 41.0 Å². The molecule has 1 aromatic carbocycles. The molecule has 8 heteroatoms. The van der Waals surface area contributed by atoms with E-state index in [0.717, 1.165) is 19.3 Å². The lowest BCUT2D eigenvalue weighted by molar-refractivity contribution is -0.141. The molecule has 1 atom stereocenters. The Morgan fingerprint density at radius 3 is 2.21 bits per heavy atom. The van der Waals surface area contributed by atoms with Gasteiger partial charge >= 0.3 is 12.4 Å². The molecule has 1 N–H and O–H groups in total. The molecule has 0 aliphatic heterocycles. The number of hydrogen-bond donors (Lipinski definition) is 1. The van der Waals surface area contributed by atoms with E-state index in [-0.39, 0.29) is 6.07 Å². The summed E-state index contributed by atoms with van der Waals surface area (Å²) in [6, 6.07) is 0.431. The third kappa shape index (κ3) is 5.72. The maximum Gasteiger partial charge on any atom is 0.417 e. The van der Waals surface area contributed by atoms with Crippen LogP contribution in [-0.4, -0.2) is 11.9 Å². The molecule has 0 radical (unpaired) electrons. The first-order chi connectivity index (χ1) is 11.0. The molecule has 0 spiro atoms. The van der Waals surface area contributed by atoms with Gasteiger partial charge in [-0.15, -0.1) is 0 Å². The Morgan fingerprint density at radius 2 is 1.71 bits per heavy atom. The van der Waals surface area contributed by atoms with Gasteiger partial charge in [-0.2, -0.15) is 26.3 Å². The SMILES string of the molecule is CCCCCC(C)NC(=O)c1cc(C(F)(F)F)ccc1C(F)(F)F. The molecular weight excluding hydrogens is 336 g/mol. The van der Waals surface area contributed by atoms with Crippen LogP contribution in [0, 0.1) is 0 Å². The molecule has 0 aliphatic rings. The Bertz CT molecular complexity index is 565. The lowest BCUT2D eigenvalue weighted by Crippen LogP contribution is -2.34. The predicted molar refractivity (Wildman–Crippen MR) is 77.5 cm³/mol. The fourth-order valence-electron chi connectivity index (χ4n) is 2.23. The summed E-state index contributed by atoms with van der Waals surface area (Å²) in [5.74, 6) is -1.16. The Morgan fingerprint density at radius 1 is 1.08 bits per heavy atom. The third-order valence-electron chi connectivity index (χ3n) is 3.52.